The van der Waals surface area contributed by atoms with Crippen LogP contribution in [0.15, 0.2) is 0 Å². The molecular weight excluding hydrogens is 162 g/mol. The van der Waals surface area contributed by atoms with Gasteiger partial charge in [-0.2, -0.15) is 0 Å². The summed E-state index contributed by atoms with van der Waals surface area (Å²) in [7, 11) is 0. The van der Waals surface area contributed by atoms with Crippen LogP contribution in [0.1, 0.15) is 39.0 Å². The molecule has 1 aliphatic heterocycles. The van der Waals surface area contributed by atoms with Crippen molar-refractivity contribution in [3.05, 3.63) is 0 Å². The van der Waals surface area contributed by atoms with Gasteiger partial charge in [-0.3, -0.25) is 0 Å². The second-order valence-corrected chi connectivity index (χ2v) is 4.63. The molecule has 1 unspecified atom stereocenters. The first-order chi connectivity index (χ1) is 6.34. The fourth-order valence-electron chi connectivity index (χ4n) is 2.20. The lowest BCUT2D eigenvalue weighted by atomic mass is 9.93. The van der Waals surface area contributed by atoms with Gasteiger partial charge in [0, 0.05) is 25.3 Å². The predicted octanol–water partition coefficient (Wildman–Crippen LogP) is 1.94. The molecule has 1 N–H and O–H groups in total. The van der Waals surface area contributed by atoms with Gasteiger partial charge in [-0.1, -0.05) is 0 Å². The quantitative estimate of drug-likeness (QED) is 0.719. The monoisotopic (exact) mass is 183 g/mol. The molecule has 0 spiro atoms. The maximum atomic E-state index is 5.35. The first-order valence-electron chi connectivity index (χ1n) is 5.68. The van der Waals surface area contributed by atoms with E-state index >= 15 is 0 Å². The van der Waals surface area contributed by atoms with Crippen LogP contribution in [0.5, 0.6) is 0 Å². The Kier molecular flexibility index (Phi) is 3.23. The minimum Gasteiger partial charge on any atom is -0.381 e. The Balaban J connectivity index is 1.62. The second kappa shape index (κ2) is 4.43. The van der Waals surface area contributed by atoms with Crippen LogP contribution in [0.4, 0.5) is 0 Å². The average molecular weight is 183 g/mol. The Morgan fingerprint density at radius 2 is 1.92 bits per heavy atom. The summed E-state index contributed by atoms with van der Waals surface area (Å²) in [6, 6.07) is 1.57. The van der Waals surface area contributed by atoms with Gasteiger partial charge in [0.25, 0.3) is 0 Å². The molecule has 0 radical (unpaired) electrons. The van der Waals surface area contributed by atoms with E-state index in [9.17, 15) is 0 Å². The lowest BCUT2D eigenvalue weighted by Crippen LogP contribution is -2.31. The van der Waals surface area contributed by atoms with E-state index in [2.05, 4.69) is 12.2 Å². The summed E-state index contributed by atoms with van der Waals surface area (Å²) in [4.78, 5) is 0. The molecule has 2 fully saturated rings. The molecule has 76 valence electrons. The summed E-state index contributed by atoms with van der Waals surface area (Å²) >= 11 is 0. The summed E-state index contributed by atoms with van der Waals surface area (Å²) in [6.45, 7) is 4.30. The minimum absolute atomic E-state index is 0.718. The SMILES string of the molecule is CC(CC1CCOCC1)NC1CC1. The molecule has 0 aromatic rings. The molecule has 1 saturated heterocycles. The number of ether oxygens (including phenoxy) is 1. The first-order valence-corrected chi connectivity index (χ1v) is 5.68. The van der Waals surface area contributed by atoms with Gasteiger partial charge in [-0.15, -0.1) is 0 Å². The summed E-state index contributed by atoms with van der Waals surface area (Å²) in [6.07, 6.45) is 6.70. The van der Waals surface area contributed by atoms with Crippen LogP contribution in [0.25, 0.3) is 0 Å². The van der Waals surface area contributed by atoms with Crippen molar-refractivity contribution in [2.75, 3.05) is 13.2 Å². The molecular formula is C11H21NO. The van der Waals surface area contributed by atoms with Gasteiger partial charge in [0.2, 0.25) is 0 Å². The van der Waals surface area contributed by atoms with E-state index in [1.165, 1.54) is 32.1 Å². The van der Waals surface area contributed by atoms with E-state index < -0.39 is 0 Å². The van der Waals surface area contributed by atoms with Gasteiger partial charge in [0.15, 0.2) is 0 Å². The van der Waals surface area contributed by atoms with E-state index in [0.29, 0.717) is 0 Å². The van der Waals surface area contributed by atoms with Crippen molar-refractivity contribution in [1.82, 2.24) is 5.32 Å². The zero-order valence-electron chi connectivity index (χ0n) is 8.59. The van der Waals surface area contributed by atoms with Crippen molar-refractivity contribution in [1.29, 1.82) is 0 Å². The molecule has 1 aliphatic carbocycles. The van der Waals surface area contributed by atoms with E-state index in [1.807, 2.05) is 0 Å². The molecule has 0 bridgehead atoms. The van der Waals surface area contributed by atoms with Gasteiger partial charge in [0.05, 0.1) is 0 Å². The van der Waals surface area contributed by atoms with Crippen molar-refractivity contribution in [2.24, 2.45) is 5.92 Å². The summed E-state index contributed by atoms with van der Waals surface area (Å²) in [5.74, 6) is 0.912. The third-order valence-electron chi connectivity index (χ3n) is 3.13. The standard InChI is InChI=1S/C11H21NO/c1-9(12-11-2-3-11)8-10-4-6-13-7-5-10/h9-12H,2-8H2,1H3. The number of hydrogen-bond donors (Lipinski definition) is 1. The zero-order chi connectivity index (χ0) is 9.10. The van der Waals surface area contributed by atoms with Crippen LogP contribution in [-0.4, -0.2) is 25.3 Å². The Morgan fingerprint density at radius 1 is 1.23 bits per heavy atom. The van der Waals surface area contributed by atoms with E-state index in [4.69, 9.17) is 4.74 Å². The maximum absolute atomic E-state index is 5.35. The predicted molar refractivity (Wildman–Crippen MR) is 53.8 cm³/mol. The van der Waals surface area contributed by atoms with Gasteiger partial charge >= 0.3 is 0 Å². The highest BCUT2D eigenvalue weighted by Gasteiger charge is 2.24. The van der Waals surface area contributed by atoms with Gasteiger partial charge in [-0.25, -0.2) is 0 Å². The summed E-state index contributed by atoms with van der Waals surface area (Å²) < 4.78 is 5.35. The summed E-state index contributed by atoms with van der Waals surface area (Å²) in [5.41, 5.74) is 0. The molecule has 2 nitrogen and oxygen atoms in total. The lowest BCUT2D eigenvalue weighted by molar-refractivity contribution is 0.0611. The maximum Gasteiger partial charge on any atom is 0.0468 e. The average Bonchev–Trinajstić information content (AvgIpc) is 2.90. The molecule has 2 rings (SSSR count). The summed E-state index contributed by atoms with van der Waals surface area (Å²) in [5, 5.41) is 3.66. The number of rotatable bonds is 4. The van der Waals surface area contributed by atoms with Crippen molar-refractivity contribution < 1.29 is 4.74 Å². The fourth-order valence-corrected chi connectivity index (χ4v) is 2.20. The van der Waals surface area contributed by atoms with Gasteiger partial charge in [0.1, 0.15) is 0 Å². The smallest absolute Gasteiger partial charge is 0.0468 e. The van der Waals surface area contributed by atoms with E-state index in [1.54, 1.807) is 0 Å². The Labute approximate surface area is 81.0 Å². The van der Waals surface area contributed by atoms with Crippen LogP contribution in [-0.2, 0) is 4.74 Å². The van der Waals surface area contributed by atoms with Crippen LogP contribution in [0, 0.1) is 5.92 Å². The molecule has 0 aromatic carbocycles. The molecule has 2 heteroatoms. The van der Waals surface area contributed by atoms with Crippen LogP contribution in [0.2, 0.25) is 0 Å². The third-order valence-corrected chi connectivity index (χ3v) is 3.13. The normalized spacial score (nSPS) is 27.5. The van der Waals surface area contributed by atoms with Crippen molar-refractivity contribution in [3.63, 3.8) is 0 Å². The van der Waals surface area contributed by atoms with Crippen LogP contribution < -0.4 is 5.32 Å². The fraction of sp³-hybridized carbons (Fsp3) is 1.00. The number of hydrogen-bond acceptors (Lipinski definition) is 2. The molecule has 1 heterocycles. The topological polar surface area (TPSA) is 21.3 Å². The second-order valence-electron chi connectivity index (χ2n) is 4.63. The Bertz CT molecular complexity index is 150. The van der Waals surface area contributed by atoms with Crippen molar-refractivity contribution in [2.45, 2.75) is 51.1 Å². The van der Waals surface area contributed by atoms with Crippen LogP contribution >= 0.6 is 0 Å². The molecule has 1 saturated carbocycles. The third kappa shape index (κ3) is 3.28. The first kappa shape index (κ1) is 9.47. The van der Waals surface area contributed by atoms with Crippen LogP contribution in [0.3, 0.4) is 0 Å². The van der Waals surface area contributed by atoms with E-state index in [0.717, 1.165) is 31.2 Å². The molecule has 13 heavy (non-hydrogen) atoms. The highest BCUT2D eigenvalue weighted by atomic mass is 16.5. The Morgan fingerprint density at radius 3 is 2.54 bits per heavy atom. The van der Waals surface area contributed by atoms with Crippen molar-refractivity contribution >= 4 is 0 Å². The largest absolute Gasteiger partial charge is 0.381 e. The highest BCUT2D eigenvalue weighted by Crippen LogP contribution is 2.23. The highest BCUT2D eigenvalue weighted by molar-refractivity contribution is 4.84. The number of nitrogens with one attached hydrogen (secondary N) is 1. The molecule has 1 atom stereocenters. The minimum atomic E-state index is 0.718. The lowest BCUT2D eigenvalue weighted by Gasteiger charge is -2.25. The molecule has 0 amide bonds. The molecule has 2 aliphatic rings. The zero-order valence-corrected chi connectivity index (χ0v) is 8.59. The molecule has 0 aromatic heterocycles. The van der Waals surface area contributed by atoms with E-state index in [-0.39, 0.29) is 0 Å². The van der Waals surface area contributed by atoms with Crippen molar-refractivity contribution in [3.8, 4) is 0 Å². The Hall–Kier alpha value is -0.0800. The van der Waals surface area contributed by atoms with Gasteiger partial charge < -0.3 is 10.1 Å². The van der Waals surface area contributed by atoms with Gasteiger partial charge in [-0.05, 0) is 44.9 Å².